The van der Waals surface area contributed by atoms with Gasteiger partial charge in [-0.3, -0.25) is 10.5 Å². The van der Waals surface area contributed by atoms with Gasteiger partial charge in [-0.2, -0.15) is 0 Å². The van der Waals surface area contributed by atoms with Gasteiger partial charge in [0.1, 0.15) is 0 Å². The first-order valence-corrected chi connectivity index (χ1v) is 10.5. The molecule has 0 saturated carbocycles. The van der Waals surface area contributed by atoms with Crippen molar-refractivity contribution in [2.24, 2.45) is 5.50 Å². The maximum absolute atomic E-state index is 7.45. The number of nitrogens with one attached hydrogen (secondary N) is 1. The van der Waals surface area contributed by atoms with E-state index in [0.717, 1.165) is 41.1 Å². The first-order valence-electron chi connectivity index (χ1n) is 8.83. The highest BCUT2D eigenvalue weighted by Crippen LogP contribution is 2.25. The number of hydrogen-bond acceptors (Lipinski definition) is 6. The number of pyridine rings is 1. The predicted octanol–water partition coefficient (Wildman–Crippen LogP) is 3.97. The zero-order valence-corrected chi connectivity index (χ0v) is 17.3. The molecule has 2 rings (SSSR count). The molecule has 0 amide bonds. The number of benzene rings is 1. The Balaban J connectivity index is 0.000000765. The second-order valence-electron chi connectivity index (χ2n) is 6.05. The molecule has 0 aliphatic carbocycles. The standard InChI is InChI=1S/C18H26ClN3.H4NO2P/c1-4-22(5-2)12-6-7-14(3)21-17-10-11-20-18-13-15(19)8-9-16(17)18;1-4(2)3/h8-11,13-14H,4-7,12H2,1-3H3,(H,20,21);2-3H,1H2. The Morgan fingerprint density at radius 2 is 1.92 bits per heavy atom. The molecule has 6 nitrogen and oxygen atoms in total. The van der Waals surface area contributed by atoms with Gasteiger partial charge in [0.05, 0.1) is 5.52 Å². The molecule has 0 saturated heterocycles. The lowest BCUT2D eigenvalue weighted by molar-refractivity contribution is 0.295. The number of aromatic nitrogens is 1. The van der Waals surface area contributed by atoms with Gasteiger partial charge in [-0.05, 0) is 63.7 Å². The summed E-state index contributed by atoms with van der Waals surface area (Å²) in [5, 5.41) is 5.47. The zero-order valence-electron chi connectivity index (χ0n) is 15.7. The average molecular weight is 401 g/mol. The van der Waals surface area contributed by atoms with E-state index in [1.54, 1.807) is 0 Å². The Morgan fingerprint density at radius 3 is 2.54 bits per heavy atom. The normalized spacial score (nSPS) is 12.2. The van der Waals surface area contributed by atoms with Crippen LogP contribution in [0.4, 0.5) is 5.69 Å². The number of nitrogens with two attached hydrogens (primary N) is 1. The fourth-order valence-corrected chi connectivity index (χ4v) is 2.91. The van der Waals surface area contributed by atoms with Crippen molar-refractivity contribution in [2.75, 3.05) is 25.0 Å². The van der Waals surface area contributed by atoms with E-state index in [0.29, 0.717) is 6.04 Å². The summed E-state index contributed by atoms with van der Waals surface area (Å²) in [5.74, 6) is 0. The van der Waals surface area contributed by atoms with Gasteiger partial charge in [-0.25, -0.2) is 0 Å². The van der Waals surface area contributed by atoms with Gasteiger partial charge in [-0.15, -0.1) is 0 Å². The van der Waals surface area contributed by atoms with Crippen molar-refractivity contribution in [2.45, 2.75) is 39.7 Å². The van der Waals surface area contributed by atoms with Crippen molar-refractivity contribution in [3.8, 4) is 0 Å². The van der Waals surface area contributed by atoms with Gasteiger partial charge in [0.2, 0.25) is 8.53 Å². The Bertz CT molecular complexity index is 653. The van der Waals surface area contributed by atoms with Gasteiger partial charge >= 0.3 is 0 Å². The number of hydrogen-bond donors (Lipinski definition) is 4. The van der Waals surface area contributed by atoms with Crippen LogP contribution in [0.15, 0.2) is 30.5 Å². The Hall–Kier alpha value is -1.01. The number of fused-ring (bicyclic) bond motifs is 1. The van der Waals surface area contributed by atoms with Crippen LogP contribution in [0.3, 0.4) is 0 Å². The van der Waals surface area contributed by atoms with Crippen LogP contribution in [0, 0.1) is 0 Å². The smallest absolute Gasteiger partial charge is 0.247 e. The summed E-state index contributed by atoms with van der Waals surface area (Å²) in [6.45, 7) is 10.1. The van der Waals surface area contributed by atoms with E-state index in [9.17, 15) is 0 Å². The lowest BCUT2D eigenvalue weighted by Gasteiger charge is -2.20. The molecule has 8 heteroatoms. The molecule has 0 bridgehead atoms. The number of nitrogens with zero attached hydrogens (tertiary/aromatic N) is 2. The van der Waals surface area contributed by atoms with Crippen LogP contribution in [0.5, 0.6) is 0 Å². The van der Waals surface area contributed by atoms with Crippen molar-refractivity contribution in [1.82, 2.24) is 9.88 Å². The molecule has 1 unspecified atom stereocenters. The van der Waals surface area contributed by atoms with E-state index in [2.05, 4.69) is 41.5 Å². The lowest BCUT2D eigenvalue weighted by atomic mass is 10.1. The fourth-order valence-electron chi connectivity index (χ4n) is 2.75. The lowest BCUT2D eigenvalue weighted by Crippen LogP contribution is -2.25. The Morgan fingerprint density at radius 1 is 1.27 bits per heavy atom. The number of rotatable bonds is 8. The van der Waals surface area contributed by atoms with E-state index >= 15 is 0 Å². The molecule has 1 atom stereocenters. The Kier molecular flexibility index (Phi) is 11.0. The third-order valence-electron chi connectivity index (χ3n) is 4.11. The van der Waals surface area contributed by atoms with Crippen LogP contribution in [0.25, 0.3) is 10.9 Å². The maximum atomic E-state index is 7.45. The first-order chi connectivity index (χ1) is 12.4. The fraction of sp³-hybridized carbons (Fsp3) is 0.500. The van der Waals surface area contributed by atoms with Crippen molar-refractivity contribution in [3.05, 3.63) is 35.5 Å². The zero-order chi connectivity index (χ0) is 19.5. The molecule has 0 aliphatic rings. The molecule has 146 valence electrons. The summed E-state index contributed by atoms with van der Waals surface area (Å²) in [6, 6.07) is 8.35. The number of halogens is 1. The van der Waals surface area contributed by atoms with E-state index < -0.39 is 8.53 Å². The van der Waals surface area contributed by atoms with Crippen LogP contribution in [-0.4, -0.2) is 45.3 Å². The molecule has 1 aromatic heterocycles. The van der Waals surface area contributed by atoms with Gasteiger partial charge in [-0.1, -0.05) is 25.4 Å². The summed E-state index contributed by atoms with van der Waals surface area (Å²) < 4.78 is 0. The van der Waals surface area contributed by atoms with Crippen LogP contribution in [0.1, 0.15) is 33.6 Å². The molecule has 1 aromatic carbocycles. The number of anilines is 1. The van der Waals surface area contributed by atoms with Crippen molar-refractivity contribution in [3.63, 3.8) is 0 Å². The second kappa shape index (κ2) is 12.4. The Labute approximate surface area is 162 Å². The summed E-state index contributed by atoms with van der Waals surface area (Å²) >= 11 is 6.04. The molecule has 0 aliphatic heterocycles. The quantitative estimate of drug-likeness (QED) is 0.501. The molecule has 0 spiro atoms. The van der Waals surface area contributed by atoms with Gasteiger partial charge in [0.25, 0.3) is 0 Å². The minimum absolute atomic E-state index is 0.442. The highest BCUT2D eigenvalue weighted by atomic mass is 35.5. The molecule has 0 radical (unpaired) electrons. The van der Waals surface area contributed by atoms with Crippen LogP contribution in [0.2, 0.25) is 5.02 Å². The summed E-state index contributed by atoms with van der Waals surface area (Å²) in [5.41, 5.74) is 6.36. The van der Waals surface area contributed by atoms with Gasteiger partial charge in [0, 0.05) is 28.3 Å². The van der Waals surface area contributed by atoms with E-state index in [-0.39, 0.29) is 0 Å². The minimum Gasteiger partial charge on any atom is -0.382 e. The van der Waals surface area contributed by atoms with Crippen molar-refractivity contribution >= 4 is 36.7 Å². The molecule has 1 heterocycles. The van der Waals surface area contributed by atoms with E-state index in [1.807, 2.05) is 30.5 Å². The molecule has 5 N–H and O–H groups in total. The molecule has 2 aromatic rings. The molecule has 0 fully saturated rings. The topological polar surface area (TPSA) is 94.6 Å². The highest BCUT2D eigenvalue weighted by Gasteiger charge is 2.07. The molecular weight excluding hydrogens is 371 g/mol. The van der Waals surface area contributed by atoms with Crippen LogP contribution >= 0.6 is 20.1 Å². The SMILES string of the molecule is CCN(CC)CCCC(C)Nc1ccnc2cc(Cl)ccc12.NP(O)O. The first kappa shape index (κ1) is 23.0. The summed E-state index contributed by atoms with van der Waals surface area (Å²) in [6.07, 6.45) is 4.21. The average Bonchev–Trinajstić information content (AvgIpc) is 2.58. The van der Waals surface area contributed by atoms with Gasteiger partial charge in [0.15, 0.2) is 0 Å². The predicted molar refractivity (Wildman–Crippen MR) is 112 cm³/mol. The van der Waals surface area contributed by atoms with E-state index in [4.69, 9.17) is 21.4 Å². The third kappa shape index (κ3) is 8.58. The van der Waals surface area contributed by atoms with E-state index in [1.165, 1.54) is 13.0 Å². The second-order valence-corrected chi connectivity index (χ2v) is 7.13. The van der Waals surface area contributed by atoms with Crippen LogP contribution in [-0.2, 0) is 0 Å². The molecular formula is C18H30ClN4O2P. The largest absolute Gasteiger partial charge is 0.382 e. The monoisotopic (exact) mass is 400 g/mol. The van der Waals surface area contributed by atoms with Crippen molar-refractivity contribution in [1.29, 1.82) is 0 Å². The van der Waals surface area contributed by atoms with Crippen LogP contribution < -0.4 is 10.8 Å². The summed E-state index contributed by atoms with van der Waals surface area (Å²) in [4.78, 5) is 21.8. The van der Waals surface area contributed by atoms with Crippen molar-refractivity contribution < 1.29 is 9.79 Å². The van der Waals surface area contributed by atoms with Gasteiger partial charge < -0.3 is 20.0 Å². The maximum Gasteiger partial charge on any atom is 0.247 e. The molecule has 26 heavy (non-hydrogen) atoms. The summed E-state index contributed by atoms with van der Waals surface area (Å²) in [7, 11) is -2.12. The minimum atomic E-state index is -2.12. The highest BCUT2D eigenvalue weighted by molar-refractivity contribution is 7.42. The third-order valence-corrected chi connectivity index (χ3v) is 4.35.